The molecule has 0 radical (unpaired) electrons. The van der Waals surface area contributed by atoms with Gasteiger partial charge in [-0.3, -0.25) is 4.79 Å². The molecule has 0 aromatic rings. The van der Waals surface area contributed by atoms with Crippen molar-refractivity contribution in [3.8, 4) is 0 Å². The van der Waals surface area contributed by atoms with Crippen LogP contribution >= 0.6 is 0 Å². The average Bonchev–Trinajstić information content (AvgIpc) is 2.31. The first kappa shape index (κ1) is 14.4. The van der Waals surface area contributed by atoms with Crippen LogP contribution in [0.2, 0.25) is 0 Å². The van der Waals surface area contributed by atoms with Gasteiger partial charge in [-0.25, -0.2) is 0 Å². The van der Waals surface area contributed by atoms with Gasteiger partial charge in [-0.15, -0.1) is 0 Å². The van der Waals surface area contributed by atoms with Gasteiger partial charge in [-0.2, -0.15) is 0 Å². The summed E-state index contributed by atoms with van der Waals surface area (Å²) in [7, 11) is 0. The molecule has 0 N–H and O–H groups in total. The molecule has 0 aromatic carbocycles. The molecular weight excluding hydrogens is 248 g/mol. The van der Waals surface area contributed by atoms with E-state index in [1.165, 1.54) is 25.7 Å². The van der Waals surface area contributed by atoms with E-state index < -0.39 is 0 Å². The maximum Gasteiger partial charge on any atom is 0.309 e. The van der Waals surface area contributed by atoms with Gasteiger partial charge >= 0.3 is 5.97 Å². The van der Waals surface area contributed by atoms with E-state index in [0.717, 1.165) is 18.8 Å². The summed E-state index contributed by atoms with van der Waals surface area (Å²) in [5, 5.41) is 0. The van der Waals surface area contributed by atoms with Gasteiger partial charge in [0.2, 0.25) is 0 Å². The van der Waals surface area contributed by atoms with Crippen LogP contribution in [0.5, 0.6) is 0 Å². The molecule has 2 heteroatoms. The molecule has 3 rings (SSSR count). The summed E-state index contributed by atoms with van der Waals surface area (Å²) >= 11 is 0. The van der Waals surface area contributed by atoms with Crippen molar-refractivity contribution in [2.75, 3.05) is 0 Å². The molecule has 20 heavy (non-hydrogen) atoms. The first-order valence-corrected chi connectivity index (χ1v) is 8.42. The van der Waals surface area contributed by atoms with Gasteiger partial charge in [-0.05, 0) is 55.8 Å². The second kappa shape index (κ2) is 4.24. The third-order valence-corrected chi connectivity index (χ3v) is 7.06. The fourth-order valence-corrected chi connectivity index (χ4v) is 6.03. The topological polar surface area (TPSA) is 26.3 Å². The number of carbonyl (C=O) groups is 1. The minimum Gasteiger partial charge on any atom is -0.459 e. The summed E-state index contributed by atoms with van der Waals surface area (Å²) in [5.74, 6) is 1.43. The predicted octanol–water partition coefficient (Wildman–Crippen LogP) is 4.57. The van der Waals surface area contributed by atoms with Crippen molar-refractivity contribution >= 4 is 5.97 Å². The van der Waals surface area contributed by atoms with E-state index in [1.807, 2.05) is 6.92 Å². The second-order valence-corrected chi connectivity index (χ2v) is 8.86. The molecule has 0 amide bonds. The number of fused-ring (bicyclic) bond motifs is 3. The normalized spacial score (nSPS) is 50.9. The fourth-order valence-electron chi connectivity index (χ4n) is 6.03. The van der Waals surface area contributed by atoms with Crippen LogP contribution in [-0.2, 0) is 9.53 Å². The minimum atomic E-state index is -0.206. The zero-order valence-corrected chi connectivity index (χ0v) is 13.8. The Morgan fingerprint density at radius 2 is 1.75 bits per heavy atom. The van der Waals surface area contributed by atoms with Gasteiger partial charge in [0.25, 0.3) is 0 Å². The van der Waals surface area contributed by atoms with Crippen LogP contribution in [0.25, 0.3) is 0 Å². The summed E-state index contributed by atoms with van der Waals surface area (Å²) in [5.41, 5.74) is 0.588. The largest absolute Gasteiger partial charge is 0.459 e. The lowest BCUT2D eigenvalue weighted by Gasteiger charge is -2.63. The van der Waals surface area contributed by atoms with E-state index in [9.17, 15) is 4.79 Å². The first-order chi connectivity index (χ1) is 9.19. The van der Waals surface area contributed by atoms with Crippen LogP contribution in [0.4, 0.5) is 0 Å². The zero-order chi connectivity index (χ0) is 14.8. The zero-order valence-electron chi connectivity index (χ0n) is 13.8. The van der Waals surface area contributed by atoms with Crippen molar-refractivity contribution in [2.45, 2.75) is 78.7 Å². The van der Waals surface area contributed by atoms with Crippen molar-refractivity contribution in [3.05, 3.63) is 0 Å². The van der Waals surface area contributed by atoms with Crippen LogP contribution < -0.4 is 0 Å². The summed E-state index contributed by atoms with van der Waals surface area (Å²) in [6, 6.07) is 0. The van der Waals surface area contributed by atoms with Crippen LogP contribution in [0.15, 0.2) is 0 Å². The highest BCUT2D eigenvalue weighted by Gasteiger charge is 2.61. The summed E-state index contributed by atoms with van der Waals surface area (Å²) in [4.78, 5) is 12.0. The van der Waals surface area contributed by atoms with E-state index in [1.54, 1.807) is 0 Å². The lowest BCUT2D eigenvalue weighted by molar-refractivity contribution is -0.222. The molecule has 2 nitrogen and oxygen atoms in total. The smallest absolute Gasteiger partial charge is 0.309 e. The summed E-state index contributed by atoms with van der Waals surface area (Å²) in [6.45, 7) is 11.6. The molecular formula is C18H30O2. The Balaban J connectivity index is 1.98. The van der Waals surface area contributed by atoms with Crippen molar-refractivity contribution in [3.63, 3.8) is 0 Å². The van der Waals surface area contributed by atoms with Gasteiger partial charge < -0.3 is 4.74 Å². The van der Waals surface area contributed by atoms with Crippen LogP contribution in [0.3, 0.4) is 0 Å². The van der Waals surface area contributed by atoms with E-state index in [4.69, 9.17) is 4.74 Å². The number of hydrogen-bond donors (Lipinski definition) is 0. The highest BCUT2D eigenvalue weighted by atomic mass is 16.6. The van der Waals surface area contributed by atoms with Gasteiger partial charge in [-0.1, -0.05) is 34.1 Å². The molecule has 2 saturated carbocycles. The highest BCUT2D eigenvalue weighted by molar-refractivity contribution is 5.73. The number of ether oxygens (including phenoxy) is 1. The highest BCUT2D eigenvalue weighted by Crippen LogP contribution is 2.64. The van der Waals surface area contributed by atoms with Gasteiger partial charge in [0, 0.05) is 5.92 Å². The average molecular weight is 278 g/mol. The van der Waals surface area contributed by atoms with Crippen molar-refractivity contribution in [2.24, 2.45) is 28.6 Å². The molecule has 0 spiro atoms. The Morgan fingerprint density at radius 3 is 2.45 bits per heavy atom. The molecule has 3 aliphatic rings. The fraction of sp³-hybridized carbons (Fsp3) is 0.944. The molecule has 2 aliphatic carbocycles. The predicted molar refractivity (Wildman–Crippen MR) is 80.2 cm³/mol. The Kier molecular flexibility index (Phi) is 3.05. The quantitative estimate of drug-likeness (QED) is 0.607. The first-order valence-electron chi connectivity index (χ1n) is 8.42. The van der Waals surface area contributed by atoms with Crippen molar-refractivity contribution in [1.82, 2.24) is 0 Å². The second-order valence-electron chi connectivity index (χ2n) is 8.86. The third-order valence-electron chi connectivity index (χ3n) is 7.06. The van der Waals surface area contributed by atoms with Gasteiger partial charge in [0.05, 0.1) is 5.92 Å². The molecule has 1 heterocycles. The number of rotatable bonds is 0. The molecule has 0 bridgehead atoms. The van der Waals surface area contributed by atoms with E-state index in [-0.39, 0.29) is 17.5 Å². The lowest BCUT2D eigenvalue weighted by atomic mass is 9.44. The Hall–Kier alpha value is -0.530. The molecule has 1 aliphatic heterocycles. The Bertz CT molecular complexity index is 427. The molecule has 1 saturated heterocycles. The third kappa shape index (κ3) is 1.86. The van der Waals surface area contributed by atoms with Crippen LogP contribution in [-0.4, -0.2) is 11.6 Å². The van der Waals surface area contributed by atoms with Crippen LogP contribution in [0.1, 0.15) is 73.1 Å². The lowest BCUT2D eigenvalue weighted by Crippen LogP contribution is -2.61. The number of hydrogen-bond acceptors (Lipinski definition) is 2. The molecule has 3 fully saturated rings. The monoisotopic (exact) mass is 278 g/mol. The molecule has 5 atom stereocenters. The van der Waals surface area contributed by atoms with Crippen molar-refractivity contribution < 1.29 is 9.53 Å². The van der Waals surface area contributed by atoms with E-state index >= 15 is 0 Å². The molecule has 0 aromatic heterocycles. The SMILES string of the molecule is C[C@H]1C[C@@H]2[C@@]3(C)CCCC(C)(C)[C@@H]3CC[C@@]2(C)OC1=O. The van der Waals surface area contributed by atoms with E-state index in [0.29, 0.717) is 16.7 Å². The number of esters is 1. The Morgan fingerprint density at radius 1 is 1.05 bits per heavy atom. The summed E-state index contributed by atoms with van der Waals surface area (Å²) in [6.07, 6.45) is 7.29. The maximum absolute atomic E-state index is 12.0. The molecule has 0 unspecified atom stereocenters. The standard InChI is InChI=1S/C18H30O2/c1-12-11-14-17(4)9-6-8-16(2,3)13(17)7-10-18(14,5)20-15(12)19/h12-14H,6-11H2,1-5H3/t12-,13-,14+,17-,18+/m0/s1. The molecule has 114 valence electrons. The van der Waals surface area contributed by atoms with Gasteiger partial charge in [0.1, 0.15) is 5.60 Å². The van der Waals surface area contributed by atoms with Crippen LogP contribution in [0, 0.1) is 28.6 Å². The Labute approximate surface area is 123 Å². The minimum absolute atomic E-state index is 0.0286. The number of carbonyl (C=O) groups excluding carboxylic acids is 1. The van der Waals surface area contributed by atoms with E-state index in [2.05, 4.69) is 27.7 Å². The maximum atomic E-state index is 12.0. The van der Waals surface area contributed by atoms with Gasteiger partial charge in [0.15, 0.2) is 0 Å². The van der Waals surface area contributed by atoms with Crippen molar-refractivity contribution in [1.29, 1.82) is 0 Å². The summed E-state index contributed by atoms with van der Waals surface area (Å²) < 4.78 is 5.93.